The molecule has 0 saturated heterocycles. The van der Waals surface area contributed by atoms with Gasteiger partial charge in [0.25, 0.3) is 5.91 Å². The van der Waals surface area contributed by atoms with E-state index >= 15 is 0 Å². The number of hydrogen-bond acceptors (Lipinski definition) is 3. The summed E-state index contributed by atoms with van der Waals surface area (Å²) in [6, 6.07) is 23.0. The molecule has 4 nitrogen and oxygen atoms in total. The molecule has 3 aromatic rings. The van der Waals surface area contributed by atoms with Gasteiger partial charge in [-0.1, -0.05) is 60.1 Å². The monoisotopic (exact) mass is 378 g/mol. The zero-order valence-electron chi connectivity index (χ0n) is 14.9. The van der Waals surface area contributed by atoms with Crippen LogP contribution in [0.15, 0.2) is 72.8 Å². The molecule has 4 rings (SSSR count). The molecule has 1 unspecified atom stereocenters. The van der Waals surface area contributed by atoms with Gasteiger partial charge in [0.2, 0.25) is 0 Å². The van der Waals surface area contributed by atoms with Crippen LogP contribution in [0.4, 0.5) is 5.69 Å². The van der Waals surface area contributed by atoms with Crippen LogP contribution in [0.25, 0.3) is 0 Å². The summed E-state index contributed by atoms with van der Waals surface area (Å²) in [5, 5.41) is 4.12. The van der Waals surface area contributed by atoms with Gasteiger partial charge in [0.1, 0.15) is 11.9 Å². The van der Waals surface area contributed by atoms with Gasteiger partial charge in [0.15, 0.2) is 0 Å². The number of nitrogens with zero attached hydrogens (tertiary/aromatic N) is 1. The first-order valence-corrected chi connectivity index (χ1v) is 9.09. The lowest BCUT2D eigenvalue weighted by molar-refractivity contribution is 0.0728. The average Bonchev–Trinajstić information content (AvgIpc) is 2.96. The number of benzene rings is 3. The molecule has 1 aliphatic heterocycles. The van der Waals surface area contributed by atoms with Crippen molar-refractivity contribution in [3.05, 3.63) is 94.5 Å². The van der Waals surface area contributed by atoms with Gasteiger partial charge in [-0.25, -0.2) is 0 Å². The number of fused-ring (bicyclic) bond motifs is 1. The molecule has 1 aliphatic rings. The molecule has 0 fully saturated rings. The molecule has 0 saturated carbocycles. The standard InChI is InChI=1S/C22H19ClN2O2/c1-27-20-13-7-6-12-19(20)24-21-16-9-3-4-10-17(16)22(26)25(21)14-15-8-2-5-11-18(15)23/h2-13,21,24H,14H2,1H3. The number of carbonyl (C=O) groups excluding carboxylic acids is 1. The largest absolute Gasteiger partial charge is 0.495 e. The Labute approximate surface area is 163 Å². The smallest absolute Gasteiger partial charge is 0.256 e. The molecule has 0 radical (unpaired) electrons. The fraction of sp³-hybridized carbons (Fsp3) is 0.136. The number of hydrogen-bond donors (Lipinski definition) is 1. The van der Waals surface area contributed by atoms with E-state index in [9.17, 15) is 4.79 Å². The zero-order chi connectivity index (χ0) is 18.8. The molecule has 0 aliphatic carbocycles. The van der Waals surface area contributed by atoms with Crippen molar-refractivity contribution in [2.24, 2.45) is 0 Å². The van der Waals surface area contributed by atoms with Gasteiger partial charge in [-0.15, -0.1) is 0 Å². The third-order valence-corrected chi connectivity index (χ3v) is 5.12. The number of ether oxygens (including phenoxy) is 1. The summed E-state index contributed by atoms with van der Waals surface area (Å²) in [6.07, 6.45) is -0.304. The average molecular weight is 379 g/mol. The first-order valence-electron chi connectivity index (χ1n) is 8.72. The summed E-state index contributed by atoms with van der Waals surface area (Å²) in [6.45, 7) is 0.417. The number of halogens is 1. The molecule has 1 N–H and O–H groups in total. The second-order valence-corrected chi connectivity index (χ2v) is 6.77. The van der Waals surface area contributed by atoms with Crippen molar-refractivity contribution in [3.63, 3.8) is 0 Å². The number of rotatable bonds is 5. The third-order valence-electron chi connectivity index (χ3n) is 4.76. The summed E-state index contributed by atoms with van der Waals surface area (Å²) >= 11 is 6.34. The van der Waals surface area contributed by atoms with Gasteiger partial charge in [-0.3, -0.25) is 4.79 Å². The highest BCUT2D eigenvalue weighted by atomic mass is 35.5. The van der Waals surface area contributed by atoms with Crippen molar-refractivity contribution in [1.82, 2.24) is 4.90 Å². The Kier molecular flexibility index (Phi) is 4.73. The van der Waals surface area contributed by atoms with Crippen molar-refractivity contribution in [3.8, 4) is 5.75 Å². The molecular weight excluding hydrogens is 360 g/mol. The summed E-state index contributed by atoms with van der Waals surface area (Å²) in [5.41, 5.74) is 3.39. The first kappa shape index (κ1) is 17.4. The van der Waals surface area contributed by atoms with Crippen molar-refractivity contribution in [1.29, 1.82) is 0 Å². The highest BCUT2D eigenvalue weighted by Crippen LogP contribution is 2.38. The van der Waals surface area contributed by atoms with E-state index in [1.165, 1.54) is 0 Å². The molecule has 5 heteroatoms. The van der Waals surface area contributed by atoms with E-state index < -0.39 is 0 Å². The fourth-order valence-electron chi connectivity index (χ4n) is 3.41. The number of amides is 1. The van der Waals surface area contributed by atoms with E-state index in [0.29, 0.717) is 17.1 Å². The van der Waals surface area contributed by atoms with E-state index in [-0.39, 0.29) is 12.1 Å². The molecule has 0 aromatic heterocycles. The molecule has 1 heterocycles. The van der Waals surface area contributed by atoms with Crippen molar-refractivity contribution >= 4 is 23.2 Å². The minimum Gasteiger partial charge on any atom is -0.495 e. The van der Waals surface area contributed by atoms with Crippen molar-refractivity contribution in [2.75, 3.05) is 12.4 Å². The normalized spacial score (nSPS) is 15.6. The highest BCUT2D eigenvalue weighted by Gasteiger charge is 2.37. The Hall–Kier alpha value is -2.98. The Balaban J connectivity index is 1.73. The molecule has 0 spiro atoms. The third kappa shape index (κ3) is 3.24. The van der Waals surface area contributed by atoms with Crippen LogP contribution in [0.5, 0.6) is 5.75 Å². The molecule has 3 aromatic carbocycles. The molecule has 1 amide bonds. The minimum absolute atomic E-state index is 0.0158. The van der Waals surface area contributed by atoms with E-state index in [1.54, 1.807) is 12.0 Å². The van der Waals surface area contributed by atoms with Gasteiger partial charge in [-0.2, -0.15) is 0 Å². The van der Waals surface area contributed by atoms with Gasteiger partial charge >= 0.3 is 0 Å². The predicted octanol–water partition coefficient (Wildman–Crippen LogP) is 5.12. The lowest BCUT2D eigenvalue weighted by Crippen LogP contribution is -2.32. The van der Waals surface area contributed by atoms with Crippen LogP contribution in [-0.4, -0.2) is 17.9 Å². The SMILES string of the molecule is COc1ccccc1NC1c2ccccc2C(=O)N1Cc1ccccc1Cl. The maximum Gasteiger partial charge on any atom is 0.256 e. The van der Waals surface area contributed by atoms with E-state index in [4.69, 9.17) is 16.3 Å². The molecule has 27 heavy (non-hydrogen) atoms. The summed E-state index contributed by atoms with van der Waals surface area (Å²) in [5.74, 6) is 0.713. The van der Waals surface area contributed by atoms with E-state index in [1.807, 2.05) is 72.8 Å². The number of nitrogens with one attached hydrogen (secondary N) is 1. The maximum atomic E-state index is 13.1. The number of methoxy groups -OCH3 is 1. The Morgan fingerprint density at radius 3 is 2.52 bits per heavy atom. The number of anilines is 1. The van der Waals surface area contributed by atoms with Crippen LogP contribution in [0.3, 0.4) is 0 Å². The predicted molar refractivity (Wildman–Crippen MR) is 107 cm³/mol. The lowest BCUT2D eigenvalue weighted by atomic mass is 10.1. The van der Waals surface area contributed by atoms with Crippen LogP contribution >= 0.6 is 11.6 Å². The van der Waals surface area contributed by atoms with E-state index in [0.717, 1.165) is 22.6 Å². The Morgan fingerprint density at radius 1 is 1.00 bits per heavy atom. The molecule has 0 bridgehead atoms. The summed E-state index contributed by atoms with van der Waals surface area (Å²) in [4.78, 5) is 14.9. The first-order chi connectivity index (χ1) is 13.2. The topological polar surface area (TPSA) is 41.6 Å². The molecule has 1 atom stereocenters. The highest BCUT2D eigenvalue weighted by molar-refractivity contribution is 6.31. The van der Waals surface area contributed by atoms with Crippen LogP contribution in [-0.2, 0) is 6.54 Å². The Morgan fingerprint density at radius 2 is 1.70 bits per heavy atom. The minimum atomic E-state index is -0.304. The van der Waals surface area contributed by atoms with E-state index in [2.05, 4.69) is 5.32 Å². The van der Waals surface area contributed by atoms with Crippen LogP contribution in [0.1, 0.15) is 27.7 Å². The second kappa shape index (κ2) is 7.33. The number of para-hydroxylation sites is 2. The lowest BCUT2D eigenvalue weighted by Gasteiger charge is -2.28. The maximum absolute atomic E-state index is 13.1. The second-order valence-electron chi connectivity index (χ2n) is 6.36. The Bertz CT molecular complexity index is 989. The van der Waals surface area contributed by atoms with Crippen LogP contribution in [0.2, 0.25) is 5.02 Å². The molecule has 136 valence electrons. The van der Waals surface area contributed by atoms with Crippen molar-refractivity contribution in [2.45, 2.75) is 12.7 Å². The summed E-state index contributed by atoms with van der Waals surface area (Å²) < 4.78 is 5.46. The van der Waals surface area contributed by atoms with Gasteiger partial charge < -0.3 is 15.0 Å². The molecular formula is C22H19ClN2O2. The fourth-order valence-corrected chi connectivity index (χ4v) is 3.61. The van der Waals surface area contributed by atoms with Gasteiger partial charge in [0.05, 0.1) is 12.8 Å². The zero-order valence-corrected chi connectivity index (χ0v) is 15.6. The quantitative estimate of drug-likeness (QED) is 0.670. The number of carbonyl (C=O) groups is 1. The van der Waals surface area contributed by atoms with Crippen molar-refractivity contribution < 1.29 is 9.53 Å². The van der Waals surface area contributed by atoms with Gasteiger partial charge in [0, 0.05) is 22.7 Å². The summed E-state index contributed by atoms with van der Waals surface area (Å²) in [7, 11) is 1.63. The van der Waals surface area contributed by atoms with Gasteiger partial charge in [-0.05, 0) is 29.8 Å². The van der Waals surface area contributed by atoms with Crippen LogP contribution < -0.4 is 10.1 Å². The van der Waals surface area contributed by atoms with Crippen LogP contribution in [0, 0.1) is 0 Å².